The fraction of sp³-hybridized carbons (Fsp3) is 0.550. The van der Waals surface area contributed by atoms with Gasteiger partial charge in [-0.15, -0.1) is 0 Å². The topological polar surface area (TPSA) is 54.3 Å². The molecule has 138 valence electrons. The second kappa shape index (κ2) is 8.10. The third kappa shape index (κ3) is 4.19. The van der Waals surface area contributed by atoms with Crippen molar-refractivity contribution in [3.8, 4) is 11.3 Å². The molecule has 1 saturated heterocycles. The van der Waals surface area contributed by atoms with Crippen molar-refractivity contribution >= 4 is 0 Å². The second-order valence-electron chi connectivity index (χ2n) is 7.46. The van der Waals surface area contributed by atoms with E-state index in [0.29, 0.717) is 6.54 Å². The van der Waals surface area contributed by atoms with Crippen molar-refractivity contribution in [2.45, 2.75) is 25.8 Å². The largest absolute Gasteiger partial charge is 0.301 e. The summed E-state index contributed by atoms with van der Waals surface area (Å²) in [6, 6.07) is 7.23. The van der Waals surface area contributed by atoms with E-state index < -0.39 is 0 Å². The molecule has 0 N–H and O–H groups in total. The van der Waals surface area contributed by atoms with Crippen LogP contribution < -0.4 is 5.56 Å². The lowest BCUT2D eigenvalue weighted by Crippen LogP contribution is -2.49. The summed E-state index contributed by atoms with van der Waals surface area (Å²) in [6.07, 6.45) is 7.75. The van der Waals surface area contributed by atoms with Crippen molar-refractivity contribution in [2.75, 3.05) is 39.3 Å². The number of hydrogen-bond donors (Lipinski definition) is 0. The third-order valence-corrected chi connectivity index (χ3v) is 5.68. The molecule has 2 aliphatic rings. The minimum atomic E-state index is -0.0357. The van der Waals surface area contributed by atoms with Crippen LogP contribution >= 0.6 is 0 Å². The predicted molar refractivity (Wildman–Crippen MR) is 102 cm³/mol. The van der Waals surface area contributed by atoms with Gasteiger partial charge in [-0.25, -0.2) is 4.68 Å². The minimum absolute atomic E-state index is 0.0357. The molecule has 26 heavy (non-hydrogen) atoms. The van der Waals surface area contributed by atoms with Crippen LogP contribution in [0.5, 0.6) is 0 Å². The molecule has 1 aliphatic carbocycles. The standard InChI is InChI=1S/C20H27N5O/c26-20-5-4-19(18-6-8-21-9-7-18)22-25(20)15-14-23-10-12-24(13-11-23)16-17-2-1-3-17/h4-9,17H,1-3,10-16H2. The minimum Gasteiger partial charge on any atom is -0.301 e. The Labute approximate surface area is 154 Å². The molecule has 0 atom stereocenters. The van der Waals surface area contributed by atoms with Crippen molar-refractivity contribution in [2.24, 2.45) is 5.92 Å². The maximum atomic E-state index is 12.1. The highest BCUT2D eigenvalue weighted by atomic mass is 16.1. The van der Waals surface area contributed by atoms with Gasteiger partial charge in [0.15, 0.2) is 0 Å². The van der Waals surface area contributed by atoms with Gasteiger partial charge >= 0.3 is 0 Å². The zero-order valence-electron chi connectivity index (χ0n) is 15.3. The van der Waals surface area contributed by atoms with Gasteiger partial charge < -0.3 is 4.90 Å². The van der Waals surface area contributed by atoms with Crippen LogP contribution in [0.1, 0.15) is 19.3 Å². The first-order valence-corrected chi connectivity index (χ1v) is 9.71. The molecule has 2 fully saturated rings. The normalized spacial score (nSPS) is 19.4. The van der Waals surface area contributed by atoms with Gasteiger partial charge in [0, 0.05) is 63.3 Å². The summed E-state index contributed by atoms with van der Waals surface area (Å²) in [5.74, 6) is 0.945. The molecule has 0 bridgehead atoms. The Morgan fingerprint density at radius 1 is 0.923 bits per heavy atom. The van der Waals surface area contributed by atoms with E-state index in [0.717, 1.165) is 49.9 Å². The van der Waals surface area contributed by atoms with Crippen molar-refractivity contribution in [1.29, 1.82) is 0 Å². The Balaban J connectivity index is 1.31. The summed E-state index contributed by atoms with van der Waals surface area (Å²) in [6.45, 7) is 7.27. The maximum absolute atomic E-state index is 12.1. The van der Waals surface area contributed by atoms with Crippen LogP contribution in [0.2, 0.25) is 0 Å². The van der Waals surface area contributed by atoms with E-state index >= 15 is 0 Å². The lowest BCUT2D eigenvalue weighted by Gasteiger charge is -2.38. The number of rotatable bonds is 6. The summed E-state index contributed by atoms with van der Waals surface area (Å²) >= 11 is 0. The van der Waals surface area contributed by atoms with Crippen LogP contribution in [-0.2, 0) is 6.54 Å². The highest BCUT2D eigenvalue weighted by Gasteiger charge is 2.23. The number of hydrogen-bond acceptors (Lipinski definition) is 5. The first kappa shape index (κ1) is 17.4. The van der Waals surface area contributed by atoms with Gasteiger partial charge in [-0.2, -0.15) is 5.10 Å². The van der Waals surface area contributed by atoms with E-state index in [2.05, 4.69) is 19.9 Å². The van der Waals surface area contributed by atoms with E-state index in [1.807, 2.05) is 12.1 Å². The average Bonchev–Trinajstić information content (AvgIpc) is 2.66. The Morgan fingerprint density at radius 2 is 1.65 bits per heavy atom. The van der Waals surface area contributed by atoms with Crippen LogP contribution in [0.3, 0.4) is 0 Å². The van der Waals surface area contributed by atoms with Gasteiger partial charge in [0.2, 0.25) is 0 Å². The van der Waals surface area contributed by atoms with Crippen molar-refractivity contribution in [3.63, 3.8) is 0 Å². The maximum Gasteiger partial charge on any atom is 0.266 e. The monoisotopic (exact) mass is 353 g/mol. The lowest BCUT2D eigenvalue weighted by molar-refractivity contribution is 0.0976. The van der Waals surface area contributed by atoms with Crippen LogP contribution in [-0.4, -0.2) is 63.8 Å². The number of pyridine rings is 1. The van der Waals surface area contributed by atoms with E-state index in [1.54, 1.807) is 29.2 Å². The third-order valence-electron chi connectivity index (χ3n) is 5.68. The predicted octanol–water partition coefficient (Wildman–Crippen LogP) is 1.72. The zero-order valence-corrected chi connectivity index (χ0v) is 15.3. The SMILES string of the molecule is O=c1ccc(-c2ccncc2)nn1CCN1CCN(CC2CCC2)CC1. The molecular weight excluding hydrogens is 326 g/mol. The van der Waals surface area contributed by atoms with Crippen LogP contribution in [0.15, 0.2) is 41.5 Å². The molecule has 0 unspecified atom stereocenters. The first-order valence-electron chi connectivity index (χ1n) is 9.71. The highest BCUT2D eigenvalue weighted by Crippen LogP contribution is 2.27. The molecule has 6 heteroatoms. The van der Waals surface area contributed by atoms with Crippen LogP contribution in [0.25, 0.3) is 11.3 Å². The van der Waals surface area contributed by atoms with Gasteiger partial charge in [-0.05, 0) is 37.0 Å². The highest BCUT2D eigenvalue weighted by molar-refractivity contribution is 5.56. The van der Waals surface area contributed by atoms with E-state index in [-0.39, 0.29) is 5.56 Å². The molecule has 6 nitrogen and oxygen atoms in total. The quantitative estimate of drug-likeness (QED) is 0.792. The van der Waals surface area contributed by atoms with Gasteiger partial charge in [0.1, 0.15) is 0 Å². The molecular formula is C20H27N5O. The average molecular weight is 353 g/mol. The molecule has 0 amide bonds. The fourth-order valence-corrected chi connectivity index (χ4v) is 3.76. The fourth-order valence-electron chi connectivity index (χ4n) is 3.76. The van der Waals surface area contributed by atoms with Gasteiger partial charge in [0.05, 0.1) is 12.2 Å². The van der Waals surface area contributed by atoms with Crippen molar-refractivity contribution < 1.29 is 0 Å². The zero-order chi connectivity index (χ0) is 17.8. The molecule has 0 aromatic carbocycles. The second-order valence-corrected chi connectivity index (χ2v) is 7.46. The summed E-state index contributed by atoms with van der Waals surface area (Å²) < 4.78 is 1.59. The summed E-state index contributed by atoms with van der Waals surface area (Å²) in [5, 5.41) is 4.54. The lowest BCUT2D eigenvalue weighted by atomic mass is 9.85. The molecule has 0 radical (unpaired) electrons. The molecule has 1 aliphatic heterocycles. The van der Waals surface area contributed by atoms with Gasteiger partial charge in [-0.3, -0.25) is 14.7 Å². The Morgan fingerprint density at radius 3 is 2.35 bits per heavy atom. The summed E-state index contributed by atoms with van der Waals surface area (Å²) in [5.41, 5.74) is 1.77. The van der Waals surface area contributed by atoms with Crippen LogP contribution in [0.4, 0.5) is 0 Å². The van der Waals surface area contributed by atoms with E-state index in [1.165, 1.54) is 25.8 Å². The number of piperazine rings is 1. The van der Waals surface area contributed by atoms with Crippen LogP contribution in [0, 0.1) is 5.92 Å². The van der Waals surface area contributed by atoms with Crippen molar-refractivity contribution in [3.05, 3.63) is 47.0 Å². The smallest absolute Gasteiger partial charge is 0.266 e. The Hall–Kier alpha value is -2.05. The number of nitrogens with zero attached hydrogens (tertiary/aromatic N) is 5. The molecule has 4 rings (SSSR count). The summed E-state index contributed by atoms with van der Waals surface area (Å²) in [4.78, 5) is 21.2. The number of aromatic nitrogens is 3. The molecule has 2 aromatic rings. The van der Waals surface area contributed by atoms with Gasteiger partial charge in [-0.1, -0.05) is 6.42 Å². The summed E-state index contributed by atoms with van der Waals surface area (Å²) in [7, 11) is 0. The van der Waals surface area contributed by atoms with E-state index in [9.17, 15) is 4.79 Å². The molecule has 3 heterocycles. The Kier molecular flexibility index (Phi) is 5.41. The first-order chi connectivity index (χ1) is 12.8. The molecule has 2 aromatic heterocycles. The Bertz CT molecular complexity index is 763. The van der Waals surface area contributed by atoms with Gasteiger partial charge in [0.25, 0.3) is 5.56 Å². The molecule has 1 saturated carbocycles. The molecule has 0 spiro atoms. The van der Waals surface area contributed by atoms with E-state index in [4.69, 9.17) is 0 Å². The van der Waals surface area contributed by atoms with Crippen molar-refractivity contribution in [1.82, 2.24) is 24.6 Å².